The molecule has 0 aromatic carbocycles. The van der Waals surface area contributed by atoms with Gasteiger partial charge in [0.05, 0.1) is 12.5 Å². The van der Waals surface area contributed by atoms with Gasteiger partial charge in [0.25, 0.3) is 0 Å². The Kier molecular flexibility index (Phi) is 7.95. The van der Waals surface area contributed by atoms with E-state index in [0.29, 0.717) is 19.5 Å². The number of carbonyl (C=O) groups excluding carboxylic acids is 1. The second-order valence-electron chi connectivity index (χ2n) is 3.43. The Morgan fingerprint density at radius 2 is 2.33 bits per heavy atom. The molecule has 88 valence electrons. The Bertz CT molecular complexity index is 191. The van der Waals surface area contributed by atoms with E-state index in [-0.39, 0.29) is 12.0 Å². The van der Waals surface area contributed by atoms with Crippen molar-refractivity contribution in [2.24, 2.45) is 5.73 Å². The molecular weight excluding hydrogens is 192 g/mol. The predicted molar refractivity (Wildman–Crippen MR) is 61.5 cm³/mol. The third-order valence-corrected chi connectivity index (χ3v) is 2.19. The van der Waals surface area contributed by atoms with Crippen molar-refractivity contribution in [1.82, 2.24) is 4.90 Å². The van der Waals surface area contributed by atoms with Crippen LogP contribution in [0.15, 0.2) is 12.7 Å². The first-order valence-corrected chi connectivity index (χ1v) is 5.31. The van der Waals surface area contributed by atoms with E-state index in [2.05, 4.69) is 6.58 Å². The number of rotatable bonds is 8. The number of nitrogens with two attached hydrogens (primary N) is 1. The van der Waals surface area contributed by atoms with Crippen LogP contribution in [-0.4, -0.2) is 43.7 Å². The molecule has 0 saturated heterocycles. The molecule has 0 rings (SSSR count). The van der Waals surface area contributed by atoms with Crippen molar-refractivity contribution in [3.63, 3.8) is 0 Å². The van der Waals surface area contributed by atoms with Crippen molar-refractivity contribution in [1.29, 1.82) is 0 Å². The van der Waals surface area contributed by atoms with Crippen molar-refractivity contribution >= 4 is 5.91 Å². The van der Waals surface area contributed by atoms with Crippen LogP contribution in [0, 0.1) is 0 Å². The van der Waals surface area contributed by atoms with Crippen molar-refractivity contribution in [3.05, 3.63) is 12.7 Å². The van der Waals surface area contributed by atoms with Gasteiger partial charge in [-0.15, -0.1) is 6.58 Å². The van der Waals surface area contributed by atoms with Gasteiger partial charge < -0.3 is 15.4 Å². The number of carbonyl (C=O) groups is 1. The Morgan fingerprint density at radius 1 is 1.67 bits per heavy atom. The molecule has 1 unspecified atom stereocenters. The summed E-state index contributed by atoms with van der Waals surface area (Å²) in [6.07, 6.45) is 2.85. The zero-order valence-electron chi connectivity index (χ0n) is 9.74. The average molecular weight is 214 g/mol. The van der Waals surface area contributed by atoms with Crippen LogP contribution in [0.1, 0.15) is 19.8 Å². The van der Waals surface area contributed by atoms with Crippen molar-refractivity contribution in [2.45, 2.75) is 25.9 Å². The summed E-state index contributed by atoms with van der Waals surface area (Å²) >= 11 is 0. The maximum Gasteiger partial charge on any atom is 0.225 e. The first-order valence-electron chi connectivity index (χ1n) is 5.31. The molecule has 2 N–H and O–H groups in total. The molecule has 0 aliphatic rings. The fraction of sp³-hybridized carbons (Fsp3) is 0.727. The van der Waals surface area contributed by atoms with Crippen molar-refractivity contribution in [3.8, 4) is 0 Å². The largest absolute Gasteiger partial charge is 0.380 e. The van der Waals surface area contributed by atoms with Crippen molar-refractivity contribution < 1.29 is 9.53 Å². The maximum absolute atomic E-state index is 11.8. The number of amides is 1. The minimum atomic E-state index is -0.179. The molecule has 0 saturated carbocycles. The van der Waals surface area contributed by atoms with Gasteiger partial charge in [-0.1, -0.05) is 13.0 Å². The van der Waals surface area contributed by atoms with Gasteiger partial charge in [-0.25, -0.2) is 0 Å². The van der Waals surface area contributed by atoms with Gasteiger partial charge in [0.1, 0.15) is 0 Å². The molecule has 0 aromatic heterocycles. The molecule has 1 atom stereocenters. The summed E-state index contributed by atoms with van der Waals surface area (Å²) in [5.74, 6) is 0.0778. The lowest BCUT2D eigenvalue weighted by atomic mass is 10.2. The van der Waals surface area contributed by atoms with Crippen LogP contribution in [0.4, 0.5) is 0 Å². The highest BCUT2D eigenvalue weighted by Gasteiger charge is 2.16. The van der Waals surface area contributed by atoms with Gasteiger partial charge in [0.2, 0.25) is 5.91 Å². The lowest BCUT2D eigenvalue weighted by Crippen LogP contribution is -2.36. The summed E-state index contributed by atoms with van der Waals surface area (Å²) in [7, 11) is 1.57. The minimum absolute atomic E-state index is 0.0778. The third-order valence-electron chi connectivity index (χ3n) is 2.19. The number of nitrogens with zero attached hydrogens (tertiary/aromatic N) is 1. The lowest BCUT2D eigenvalue weighted by Gasteiger charge is -2.22. The molecule has 0 heterocycles. The summed E-state index contributed by atoms with van der Waals surface area (Å²) in [5.41, 5.74) is 5.46. The molecule has 0 bridgehead atoms. The second kappa shape index (κ2) is 8.44. The first-order chi connectivity index (χ1) is 7.19. The first kappa shape index (κ1) is 14.1. The Hall–Kier alpha value is -0.870. The van der Waals surface area contributed by atoms with Gasteiger partial charge in [-0.2, -0.15) is 0 Å². The number of hydrogen-bond acceptors (Lipinski definition) is 3. The summed E-state index contributed by atoms with van der Waals surface area (Å²) in [6, 6.07) is 0. The molecular formula is C11H22N2O2. The van der Waals surface area contributed by atoms with E-state index in [1.165, 1.54) is 0 Å². The van der Waals surface area contributed by atoms with Gasteiger partial charge in [0.15, 0.2) is 0 Å². The number of methoxy groups -OCH3 is 1. The van der Waals surface area contributed by atoms with Crippen LogP contribution < -0.4 is 5.73 Å². The van der Waals surface area contributed by atoms with Crippen LogP contribution in [0.3, 0.4) is 0 Å². The zero-order chi connectivity index (χ0) is 11.7. The Balaban J connectivity index is 4.16. The van der Waals surface area contributed by atoms with E-state index < -0.39 is 0 Å². The van der Waals surface area contributed by atoms with E-state index in [0.717, 1.165) is 13.0 Å². The average Bonchev–Trinajstić information content (AvgIpc) is 2.25. The van der Waals surface area contributed by atoms with E-state index in [9.17, 15) is 4.79 Å². The SMILES string of the molecule is C=CCN(CCC)C(=O)CC(CN)OC. The van der Waals surface area contributed by atoms with Gasteiger partial charge in [-0.3, -0.25) is 4.79 Å². The van der Waals surface area contributed by atoms with E-state index in [1.807, 2.05) is 6.92 Å². The fourth-order valence-electron chi connectivity index (χ4n) is 1.33. The maximum atomic E-state index is 11.8. The smallest absolute Gasteiger partial charge is 0.225 e. The molecule has 0 fully saturated rings. The molecule has 0 radical (unpaired) electrons. The van der Waals surface area contributed by atoms with Crippen molar-refractivity contribution in [2.75, 3.05) is 26.7 Å². The molecule has 0 spiro atoms. The molecule has 0 aromatic rings. The van der Waals surface area contributed by atoms with Gasteiger partial charge in [0, 0.05) is 26.7 Å². The highest BCUT2D eigenvalue weighted by Crippen LogP contribution is 2.02. The molecule has 4 nitrogen and oxygen atoms in total. The van der Waals surface area contributed by atoms with Gasteiger partial charge in [-0.05, 0) is 6.42 Å². The summed E-state index contributed by atoms with van der Waals surface area (Å²) in [4.78, 5) is 13.6. The normalized spacial score (nSPS) is 12.2. The number of hydrogen-bond donors (Lipinski definition) is 1. The summed E-state index contributed by atoms with van der Waals surface area (Å²) in [6.45, 7) is 7.39. The highest BCUT2D eigenvalue weighted by molar-refractivity contribution is 5.76. The van der Waals surface area contributed by atoms with Crippen LogP contribution >= 0.6 is 0 Å². The van der Waals surface area contributed by atoms with Crippen LogP contribution in [0.5, 0.6) is 0 Å². The van der Waals surface area contributed by atoms with Gasteiger partial charge >= 0.3 is 0 Å². The van der Waals surface area contributed by atoms with Crippen LogP contribution in [-0.2, 0) is 9.53 Å². The highest BCUT2D eigenvalue weighted by atomic mass is 16.5. The topological polar surface area (TPSA) is 55.6 Å². The predicted octanol–water partition coefficient (Wildman–Crippen LogP) is 0.775. The van der Waals surface area contributed by atoms with E-state index >= 15 is 0 Å². The fourth-order valence-corrected chi connectivity index (χ4v) is 1.33. The van der Waals surface area contributed by atoms with E-state index in [1.54, 1.807) is 18.1 Å². The third kappa shape index (κ3) is 5.54. The lowest BCUT2D eigenvalue weighted by molar-refractivity contribution is -0.133. The zero-order valence-corrected chi connectivity index (χ0v) is 9.74. The minimum Gasteiger partial charge on any atom is -0.380 e. The monoisotopic (exact) mass is 214 g/mol. The molecule has 0 aliphatic carbocycles. The number of ether oxygens (including phenoxy) is 1. The van der Waals surface area contributed by atoms with E-state index in [4.69, 9.17) is 10.5 Å². The summed E-state index contributed by atoms with van der Waals surface area (Å²) < 4.78 is 5.08. The van der Waals surface area contributed by atoms with Crippen LogP contribution in [0.2, 0.25) is 0 Å². The Labute approximate surface area is 92.1 Å². The molecule has 4 heteroatoms. The quantitative estimate of drug-likeness (QED) is 0.607. The molecule has 0 aliphatic heterocycles. The summed E-state index contributed by atoms with van der Waals surface area (Å²) in [5, 5.41) is 0. The molecule has 15 heavy (non-hydrogen) atoms. The molecule has 1 amide bonds. The second-order valence-corrected chi connectivity index (χ2v) is 3.43. The Morgan fingerprint density at radius 3 is 2.73 bits per heavy atom. The standard InChI is InChI=1S/C11H22N2O2/c1-4-6-13(7-5-2)11(14)8-10(9-12)15-3/h4,10H,1,5-9,12H2,2-3H3. The van der Waals surface area contributed by atoms with Crippen LogP contribution in [0.25, 0.3) is 0 Å².